The first kappa shape index (κ1) is 30.7. The molecular formula is C23H32Cl3N5O2. The lowest BCUT2D eigenvalue weighted by molar-refractivity contribution is -0.124. The Bertz CT molecular complexity index is 890. The molecular weight excluding hydrogens is 485 g/mol. The van der Waals surface area contributed by atoms with Gasteiger partial charge in [0.2, 0.25) is 0 Å². The number of likely N-dealkylation sites (tertiary alicyclic amines) is 1. The fourth-order valence-electron chi connectivity index (χ4n) is 3.35. The van der Waals surface area contributed by atoms with Gasteiger partial charge in [-0.1, -0.05) is 24.3 Å². The zero-order valence-electron chi connectivity index (χ0n) is 18.7. The number of amides is 1. The van der Waals surface area contributed by atoms with E-state index in [1.807, 2.05) is 26.2 Å². The van der Waals surface area contributed by atoms with Crippen molar-refractivity contribution in [3.05, 3.63) is 65.9 Å². The third-order valence-corrected chi connectivity index (χ3v) is 5.03. The normalized spacial score (nSPS) is 15.4. The minimum atomic E-state index is -0.567. The average molecular weight is 517 g/mol. The van der Waals surface area contributed by atoms with Gasteiger partial charge in [-0.25, -0.2) is 10.5 Å². The molecule has 7 nitrogen and oxygen atoms in total. The van der Waals surface area contributed by atoms with Gasteiger partial charge in [-0.15, -0.1) is 37.2 Å². The number of pyridine rings is 1. The predicted octanol–water partition coefficient (Wildman–Crippen LogP) is 4.13. The molecule has 1 fully saturated rings. The lowest BCUT2D eigenvalue weighted by atomic mass is 10.2. The van der Waals surface area contributed by atoms with Crippen LogP contribution in [0.25, 0.3) is 12.2 Å². The molecule has 3 rings (SSSR count). The standard InChI is InChI=1S/C23H29N5O2.3ClH/c1-27(2)21-9-5-18(6-10-21)4-3-14-28-15-13-20(17-28)25-22-11-7-19(16-24-22)8-12-23(29)26-30;;;/h3-12,16,20,30H,13-15,17H2,1-2H3,(H,24,25)(H,26,29);3*1H/b4-3+,12-8+;;;/t20-;;;/m1.../s1. The molecule has 0 saturated carbocycles. The van der Waals surface area contributed by atoms with Crippen LogP contribution in [0.15, 0.2) is 54.7 Å². The van der Waals surface area contributed by atoms with Gasteiger partial charge >= 0.3 is 0 Å². The summed E-state index contributed by atoms with van der Waals surface area (Å²) >= 11 is 0. The molecule has 0 aliphatic carbocycles. The molecule has 10 heteroatoms. The van der Waals surface area contributed by atoms with Crippen LogP contribution in [0.5, 0.6) is 0 Å². The fourth-order valence-corrected chi connectivity index (χ4v) is 3.35. The Labute approximate surface area is 214 Å². The van der Waals surface area contributed by atoms with Crippen molar-refractivity contribution < 1.29 is 10.0 Å². The molecule has 2 aromatic rings. The second kappa shape index (κ2) is 15.5. The highest BCUT2D eigenvalue weighted by molar-refractivity contribution is 5.90. The lowest BCUT2D eigenvalue weighted by Crippen LogP contribution is -2.26. The van der Waals surface area contributed by atoms with Crippen LogP contribution in [-0.2, 0) is 4.79 Å². The number of nitrogens with one attached hydrogen (secondary N) is 2. The smallest absolute Gasteiger partial charge is 0.267 e. The molecule has 0 unspecified atom stereocenters. The van der Waals surface area contributed by atoms with Crippen molar-refractivity contribution in [2.75, 3.05) is 43.9 Å². The zero-order chi connectivity index (χ0) is 21.3. The molecule has 33 heavy (non-hydrogen) atoms. The zero-order valence-corrected chi connectivity index (χ0v) is 21.1. The molecule has 1 aliphatic heterocycles. The summed E-state index contributed by atoms with van der Waals surface area (Å²) in [5.41, 5.74) is 4.77. The number of nitrogens with zero attached hydrogens (tertiary/aromatic N) is 3. The summed E-state index contributed by atoms with van der Waals surface area (Å²) in [6.07, 6.45) is 10.0. The predicted molar refractivity (Wildman–Crippen MR) is 143 cm³/mol. The summed E-state index contributed by atoms with van der Waals surface area (Å²) in [6, 6.07) is 12.7. The van der Waals surface area contributed by atoms with E-state index in [9.17, 15) is 4.79 Å². The van der Waals surface area contributed by atoms with E-state index >= 15 is 0 Å². The molecule has 182 valence electrons. The first-order valence-corrected chi connectivity index (χ1v) is 10.0. The molecule has 1 atom stereocenters. The van der Waals surface area contributed by atoms with Crippen LogP contribution >= 0.6 is 37.2 Å². The van der Waals surface area contributed by atoms with Crippen molar-refractivity contribution in [2.24, 2.45) is 0 Å². The maximum atomic E-state index is 11.0. The third-order valence-electron chi connectivity index (χ3n) is 5.03. The van der Waals surface area contributed by atoms with E-state index in [-0.39, 0.29) is 37.2 Å². The Morgan fingerprint density at radius 3 is 2.42 bits per heavy atom. The Hall–Kier alpha value is -2.29. The summed E-state index contributed by atoms with van der Waals surface area (Å²) < 4.78 is 0. The Morgan fingerprint density at radius 2 is 1.82 bits per heavy atom. The number of hydrogen-bond acceptors (Lipinski definition) is 6. The summed E-state index contributed by atoms with van der Waals surface area (Å²) in [7, 11) is 4.09. The number of aromatic nitrogens is 1. The highest BCUT2D eigenvalue weighted by Crippen LogP contribution is 2.16. The van der Waals surface area contributed by atoms with Crippen LogP contribution in [-0.4, -0.2) is 60.8 Å². The number of hydrogen-bond donors (Lipinski definition) is 3. The lowest BCUT2D eigenvalue weighted by Gasteiger charge is -2.15. The maximum Gasteiger partial charge on any atom is 0.267 e. The number of rotatable bonds is 8. The van der Waals surface area contributed by atoms with E-state index in [0.717, 1.165) is 37.4 Å². The first-order valence-electron chi connectivity index (χ1n) is 10.0. The highest BCUT2D eigenvalue weighted by atomic mass is 35.5. The summed E-state index contributed by atoms with van der Waals surface area (Å²) in [5, 5.41) is 12.0. The summed E-state index contributed by atoms with van der Waals surface area (Å²) in [4.78, 5) is 19.9. The monoisotopic (exact) mass is 515 g/mol. The van der Waals surface area contributed by atoms with Crippen molar-refractivity contribution in [3.8, 4) is 0 Å². The molecule has 1 amide bonds. The molecule has 0 radical (unpaired) electrons. The molecule has 2 heterocycles. The number of carbonyl (C=O) groups is 1. The topological polar surface area (TPSA) is 80.7 Å². The van der Waals surface area contributed by atoms with E-state index < -0.39 is 5.91 Å². The first-order chi connectivity index (χ1) is 14.5. The summed E-state index contributed by atoms with van der Waals surface area (Å²) in [5.74, 6) is 0.255. The third kappa shape index (κ3) is 10.0. The van der Waals surface area contributed by atoms with Gasteiger partial charge in [0.1, 0.15) is 5.82 Å². The van der Waals surface area contributed by atoms with Gasteiger partial charge in [-0.2, -0.15) is 0 Å². The summed E-state index contributed by atoms with van der Waals surface area (Å²) in [6.45, 7) is 2.96. The molecule has 1 aliphatic rings. The van der Waals surface area contributed by atoms with E-state index in [1.165, 1.54) is 17.3 Å². The van der Waals surface area contributed by atoms with Gasteiger partial charge in [0.25, 0.3) is 5.91 Å². The second-order valence-electron chi connectivity index (χ2n) is 7.56. The molecule has 1 aromatic heterocycles. The van der Waals surface area contributed by atoms with Gasteiger partial charge in [0, 0.05) is 57.7 Å². The Balaban J connectivity index is 0.00000341. The Kier molecular flexibility index (Phi) is 14.5. The van der Waals surface area contributed by atoms with Crippen LogP contribution in [0.4, 0.5) is 11.5 Å². The molecule has 3 N–H and O–H groups in total. The second-order valence-corrected chi connectivity index (χ2v) is 7.56. The van der Waals surface area contributed by atoms with Gasteiger partial charge in [0.05, 0.1) is 0 Å². The maximum absolute atomic E-state index is 11.0. The van der Waals surface area contributed by atoms with Gasteiger partial charge in [0.15, 0.2) is 0 Å². The number of hydroxylamine groups is 1. The molecule has 0 spiro atoms. The minimum Gasteiger partial charge on any atom is -0.378 e. The Morgan fingerprint density at radius 1 is 1.12 bits per heavy atom. The quantitative estimate of drug-likeness (QED) is 0.278. The van der Waals surface area contributed by atoms with E-state index in [4.69, 9.17) is 5.21 Å². The fraction of sp³-hybridized carbons (Fsp3) is 0.304. The number of carbonyl (C=O) groups excluding carboxylic acids is 1. The van der Waals surface area contributed by atoms with E-state index in [1.54, 1.807) is 17.8 Å². The van der Waals surface area contributed by atoms with Gasteiger partial charge in [-0.3, -0.25) is 14.9 Å². The van der Waals surface area contributed by atoms with Gasteiger partial charge < -0.3 is 10.2 Å². The largest absolute Gasteiger partial charge is 0.378 e. The van der Waals surface area contributed by atoms with Gasteiger partial charge in [-0.05, 0) is 47.9 Å². The van der Waals surface area contributed by atoms with Crippen LogP contribution in [0.3, 0.4) is 0 Å². The van der Waals surface area contributed by atoms with E-state index in [2.05, 4.69) is 56.5 Å². The number of benzene rings is 1. The van der Waals surface area contributed by atoms with Crippen LogP contribution in [0, 0.1) is 0 Å². The van der Waals surface area contributed by atoms with Crippen LogP contribution in [0.2, 0.25) is 0 Å². The molecule has 1 aromatic carbocycles. The number of anilines is 2. The van der Waals surface area contributed by atoms with E-state index in [0.29, 0.717) is 6.04 Å². The highest BCUT2D eigenvalue weighted by Gasteiger charge is 2.21. The van der Waals surface area contributed by atoms with Crippen molar-refractivity contribution in [2.45, 2.75) is 12.5 Å². The van der Waals surface area contributed by atoms with Crippen molar-refractivity contribution >= 4 is 66.8 Å². The molecule has 1 saturated heterocycles. The van der Waals surface area contributed by atoms with Crippen LogP contribution < -0.4 is 15.7 Å². The minimum absolute atomic E-state index is 0. The van der Waals surface area contributed by atoms with Crippen molar-refractivity contribution in [3.63, 3.8) is 0 Å². The van der Waals surface area contributed by atoms with Crippen LogP contribution in [0.1, 0.15) is 17.5 Å². The van der Waals surface area contributed by atoms with Crippen molar-refractivity contribution in [1.29, 1.82) is 0 Å². The SMILES string of the molecule is CN(C)c1ccc(/C=C/CN2CC[C@@H](Nc3ccc(/C=C/C(=O)NO)cn3)C2)cc1.Cl.Cl.Cl. The molecule has 0 bridgehead atoms. The average Bonchev–Trinajstić information content (AvgIpc) is 3.20. The number of halogens is 3. The van der Waals surface area contributed by atoms with Crippen molar-refractivity contribution in [1.82, 2.24) is 15.4 Å².